The van der Waals surface area contributed by atoms with Crippen molar-refractivity contribution < 1.29 is 22.4 Å². The number of benzene rings is 2. The fraction of sp³-hybridized carbons (Fsp3) is 0.0714. The van der Waals surface area contributed by atoms with E-state index in [1.165, 1.54) is 12.1 Å². The average molecular weight is 347 g/mol. The van der Waals surface area contributed by atoms with Gasteiger partial charge >= 0.3 is 6.18 Å². The number of halogens is 5. The van der Waals surface area contributed by atoms with Gasteiger partial charge in [0.1, 0.15) is 5.82 Å². The van der Waals surface area contributed by atoms with Crippen LogP contribution in [0.5, 0.6) is 0 Å². The van der Waals surface area contributed by atoms with Crippen LogP contribution in [-0.2, 0) is 6.18 Å². The molecule has 0 aliphatic carbocycles. The summed E-state index contributed by atoms with van der Waals surface area (Å²) in [5.41, 5.74) is -1.53. The smallest absolute Gasteiger partial charge is 0.288 e. The maximum Gasteiger partial charge on any atom is 0.416 e. The van der Waals surface area contributed by atoms with Crippen molar-refractivity contribution >= 4 is 21.7 Å². The van der Waals surface area contributed by atoms with Gasteiger partial charge in [0.25, 0.3) is 0 Å². The van der Waals surface area contributed by atoms with E-state index in [1.54, 1.807) is 12.1 Å². The highest BCUT2D eigenvalue weighted by molar-refractivity contribution is 9.10. The van der Waals surface area contributed by atoms with Crippen molar-refractivity contribution in [3.8, 4) is 0 Å². The second kappa shape index (κ2) is 5.36. The molecule has 0 amide bonds. The Kier molecular flexibility index (Phi) is 3.94. The second-order valence-electron chi connectivity index (χ2n) is 4.03. The van der Waals surface area contributed by atoms with Crippen LogP contribution in [0.25, 0.3) is 0 Å². The Morgan fingerprint density at radius 3 is 2.15 bits per heavy atom. The Morgan fingerprint density at radius 2 is 1.60 bits per heavy atom. The first-order chi connectivity index (χ1) is 9.29. The fourth-order valence-corrected chi connectivity index (χ4v) is 1.90. The quantitative estimate of drug-likeness (QED) is 0.561. The zero-order valence-corrected chi connectivity index (χ0v) is 11.4. The molecule has 0 bridgehead atoms. The zero-order valence-electron chi connectivity index (χ0n) is 9.84. The van der Waals surface area contributed by atoms with E-state index in [2.05, 4.69) is 15.9 Å². The van der Waals surface area contributed by atoms with E-state index >= 15 is 0 Å². The fourth-order valence-electron chi connectivity index (χ4n) is 1.63. The van der Waals surface area contributed by atoms with E-state index < -0.39 is 28.9 Å². The molecule has 0 radical (unpaired) electrons. The number of alkyl halides is 3. The molecule has 0 saturated heterocycles. The molecule has 104 valence electrons. The van der Waals surface area contributed by atoms with E-state index in [-0.39, 0.29) is 5.56 Å². The Balaban J connectivity index is 2.46. The van der Waals surface area contributed by atoms with Crippen LogP contribution in [0.4, 0.5) is 17.6 Å². The molecule has 0 aliphatic heterocycles. The van der Waals surface area contributed by atoms with Crippen molar-refractivity contribution in [2.24, 2.45) is 0 Å². The Bertz CT molecular complexity index is 647. The van der Waals surface area contributed by atoms with Gasteiger partial charge in [-0.15, -0.1) is 0 Å². The summed E-state index contributed by atoms with van der Waals surface area (Å²) >= 11 is 3.17. The molecule has 20 heavy (non-hydrogen) atoms. The molecule has 2 aromatic carbocycles. The molecule has 0 aromatic heterocycles. The van der Waals surface area contributed by atoms with Crippen LogP contribution in [-0.4, -0.2) is 5.78 Å². The molecule has 0 spiro atoms. The lowest BCUT2D eigenvalue weighted by atomic mass is 10.0. The van der Waals surface area contributed by atoms with Gasteiger partial charge in [0.15, 0.2) is 5.78 Å². The van der Waals surface area contributed by atoms with Crippen molar-refractivity contribution in [2.75, 3.05) is 0 Å². The van der Waals surface area contributed by atoms with Crippen molar-refractivity contribution in [3.05, 3.63) is 69.4 Å². The summed E-state index contributed by atoms with van der Waals surface area (Å²) in [5, 5.41) is 0. The number of hydrogen-bond donors (Lipinski definition) is 0. The molecule has 0 N–H and O–H groups in total. The highest BCUT2D eigenvalue weighted by atomic mass is 79.9. The maximum atomic E-state index is 13.6. The minimum Gasteiger partial charge on any atom is -0.288 e. The zero-order chi connectivity index (χ0) is 14.9. The SMILES string of the molecule is O=C(c1ccc(Br)cc1)c1cc(C(F)(F)F)ccc1F. The van der Waals surface area contributed by atoms with Crippen LogP contribution >= 0.6 is 15.9 Å². The van der Waals surface area contributed by atoms with Gasteiger partial charge in [0.2, 0.25) is 0 Å². The lowest BCUT2D eigenvalue weighted by Crippen LogP contribution is -2.10. The minimum absolute atomic E-state index is 0.117. The molecular formula is C14H7BrF4O. The molecule has 0 aliphatic rings. The van der Waals surface area contributed by atoms with Crippen LogP contribution in [0, 0.1) is 5.82 Å². The molecule has 0 unspecified atom stereocenters. The normalized spacial score (nSPS) is 11.4. The van der Waals surface area contributed by atoms with Crippen LogP contribution in [0.15, 0.2) is 46.9 Å². The van der Waals surface area contributed by atoms with Crippen LogP contribution in [0.2, 0.25) is 0 Å². The highest BCUT2D eigenvalue weighted by Gasteiger charge is 2.32. The Hall–Kier alpha value is -1.69. The number of hydrogen-bond acceptors (Lipinski definition) is 1. The monoisotopic (exact) mass is 346 g/mol. The molecule has 0 saturated carbocycles. The van der Waals surface area contributed by atoms with Gasteiger partial charge in [-0.05, 0) is 42.5 Å². The lowest BCUT2D eigenvalue weighted by Gasteiger charge is -2.09. The first-order valence-electron chi connectivity index (χ1n) is 5.46. The summed E-state index contributed by atoms with van der Waals surface area (Å²) in [6.07, 6.45) is -4.62. The molecule has 2 rings (SSSR count). The molecule has 0 heterocycles. The van der Waals surface area contributed by atoms with E-state index in [0.29, 0.717) is 22.7 Å². The van der Waals surface area contributed by atoms with E-state index in [1.807, 2.05) is 0 Å². The third-order valence-corrected chi connectivity index (χ3v) is 3.17. The first-order valence-corrected chi connectivity index (χ1v) is 6.25. The first kappa shape index (κ1) is 14.7. The van der Waals surface area contributed by atoms with Gasteiger partial charge in [-0.25, -0.2) is 4.39 Å². The summed E-state index contributed by atoms with van der Waals surface area (Å²) in [5.74, 6) is -1.77. The molecule has 0 fully saturated rings. The van der Waals surface area contributed by atoms with Gasteiger partial charge < -0.3 is 0 Å². The maximum absolute atomic E-state index is 13.6. The van der Waals surface area contributed by atoms with Crippen LogP contribution in [0.1, 0.15) is 21.5 Å². The molecule has 6 heteroatoms. The van der Waals surface area contributed by atoms with Crippen molar-refractivity contribution in [2.45, 2.75) is 6.18 Å². The summed E-state index contributed by atoms with van der Waals surface area (Å²) in [4.78, 5) is 12.0. The number of carbonyl (C=O) groups excluding carboxylic acids is 1. The van der Waals surface area contributed by atoms with Gasteiger partial charge in [0, 0.05) is 10.0 Å². The van der Waals surface area contributed by atoms with E-state index in [9.17, 15) is 22.4 Å². The molecule has 0 atom stereocenters. The van der Waals surface area contributed by atoms with Gasteiger partial charge in [0.05, 0.1) is 11.1 Å². The second-order valence-corrected chi connectivity index (χ2v) is 4.94. The third kappa shape index (κ3) is 3.07. The number of ketones is 1. The van der Waals surface area contributed by atoms with Crippen LogP contribution in [0.3, 0.4) is 0 Å². The predicted octanol–water partition coefficient (Wildman–Crippen LogP) is 4.84. The highest BCUT2D eigenvalue weighted by Crippen LogP contribution is 2.31. The minimum atomic E-state index is -4.62. The molecule has 2 aromatic rings. The van der Waals surface area contributed by atoms with E-state index in [4.69, 9.17) is 0 Å². The third-order valence-electron chi connectivity index (χ3n) is 2.64. The molecular weight excluding hydrogens is 340 g/mol. The number of rotatable bonds is 2. The predicted molar refractivity (Wildman–Crippen MR) is 69.0 cm³/mol. The van der Waals surface area contributed by atoms with Crippen LogP contribution < -0.4 is 0 Å². The van der Waals surface area contributed by atoms with Crippen molar-refractivity contribution in [3.63, 3.8) is 0 Å². The van der Waals surface area contributed by atoms with E-state index in [0.717, 1.165) is 0 Å². The Morgan fingerprint density at radius 1 is 1.00 bits per heavy atom. The van der Waals surface area contributed by atoms with Gasteiger partial charge in [-0.1, -0.05) is 15.9 Å². The topological polar surface area (TPSA) is 17.1 Å². The Labute approximate surface area is 120 Å². The van der Waals surface area contributed by atoms with Gasteiger partial charge in [-0.2, -0.15) is 13.2 Å². The standard InChI is InChI=1S/C14H7BrF4O/c15-10-4-1-8(2-5-10)13(20)11-7-9(14(17,18)19)3-6-12(11)16/h1-7H. The largest absolute Gasteiger partial charge is 0.416 e. The van der Waals surface area contributed by atoms with Gasteiger partial charge in [-0.3, -0.25) is 4.79 Å². The summed E-state index contributed by atoms with van der Waals surface area (Å²) < 4.78 is 52.0. The summed E-state index contributed by atoms with van der Waals surface area (Å²) in [7, 11) is 0. The summed E-state index contributed by atoms with van der Waals surface area (Å²) in [6, 6.07) is 7.71. The van der Waals surface area contributed by atoms with Crippen molar-refractivity contribution in [1.29, 1.82) is 0 Å². The lowest BCUT2D eigenvalue weighted by molar-refractivity contribution is -0.137. The summed E-state index contributed by atoms with van der Waals surface area (Å²) in [6.45, 7) is 0. The number of carbonyl (C=O) groups is 1. The average Bonchev–Trinajstić information content (AvgIpc) is 2.38. The molecule has 1 nitrogen and oxygen atoms in total. The van der Waals surface area contributed by atoms with Crippen molar-refractivity contribution in [1.82, 2.24) is 0 Å².